The molecule has 9 nitrogen and oxygen atoms in total. The molecule has 2 aliphatic rings. The quantitative estimate of drug-likeness (QED) is 0.552. The van der Waals surface area contributed by atoms with Crippen molar-refractivity contribution in [3.05, 3.63) is 48.0 Å². The zero-order valence-corrected chi connectivity index (χ0v) is 20.3. The Morgan fingerprint density at radius 1 is 0.868 bits per heavy atom. The van der Waals surface area contributed by atoms with Crippen LogP contribution >= 0.6 is 0 Å². The first-order valence-corrected chi connectivity index (χ1v) is 11.7. The van der Waals surface area contributed by atoms with Gasteiger partial charge in [-0.3, -0.25) is 14.6 Å². The van der Waals surface area contributed by atoms with E-state index in [0.29, 0.717) is 5.92 Å². The lowest BCUT2D eigenvalue weighted by Crippen LogP contribution is -2.39. The van der Waals surface area contributed by atoms with Crippen LogP contribution in [0.1, 0.15) is 30.7 Å². The zero-order valence-electron chi connectivity index (χ0n) is 20.3. The van der Waals surface area contributed by atoms with Crippen molar-refractivity contribution in [1.82, 2.24) is 24.6 Å². The second-order valence-electron chi connectivity index (χ2n) is 8.83. The molecule has 1 fully saturated rings. The molecule has 212 valence electrons. The molecule has 2 aromatic heterocycles. The third-order valence-electron chi connectivity index (χ3n) is 5.70. The molecule has 2 N–H and O–H groups in total. The number of carboxylic acid groups (broad SMARTS) is 2. The lowest BCUT2D eigenvalue weighted by Gasteiger charge is -2.31. The molecular weight excluding hydrogens is 524 g/mol. The molecule has 0 amide bonds. The van der Waals surface area contributed by atoms with Gasteiger partial charge in [-0.05, 0) is 44.1 Å². The summed E-state index contributed by atoms with van der Waals surface area (Å²) in [5.74, 6) is -4.88. The number of likely N-dealkylation sites (tertiary alicyclic amines) is 1. The minimum Gasteiger partial charge on any atom is -0.475 e. The smallest absolute Gasteiger partial charge is 0.475 e. The molecule has 0 aliphatic carbocycles. The van der Waals surface area contributed by atoms with E-state index in [1.165, 1.54) is 44.6 Å². The number of nitrogens with zero attached hydrogens (tertiary/aromatic N) is 5. The monoisotopic (exact) mass is 553 g/mol. The number of aliphatic carboxylic acids is 2. The molecule has 1 unspecified atom stereocenters. The Balaban J connectivity index is 0.000000301. The van der Waals surface area contributed by atoms with Crippen LogP contribution in [-0.2, 0) is 29.2 Å². The number of halogens is 6. The number of alkyl halides is 6. The summed E-state index contributed by atoms with van der Waals surface area (Å²) in [4.78, 5) is 27.5. The lowest BCUT2D eigenvalue weighted by molar-refractivity contribution is -0.193. The minimum atomic E-state index is -5.08. The molecule has 0 aromatic carbocycles. The van der Waals surface area contributed by atoms with Gasteiger partial charge in [0, 0.05) is 51.0 Å². The Bertz CT molecular complexity index is 986. The zero-order chi connectivity index (χ0) is 28.3. The van der Waals surface area contributed by atoms with E-state index in [1.54, 1.807) is 0 Å². The predicted octanol–water partition coefficient (Wildman–Crippen LogP) is 3.66. The summed E-state index contributed by atoms with van der Waals surface area (Å²) in [7, 11) is 0. The van der Waals surface area contributed by atoms with E-state index in [-0.39, 0.29) is 0 Å². The van der Waals surface area contributed by atoms with Crippen LogP contribution in [0.3, 0.4) is 0 Å². The minimum absolute atomic E-state index is 0.632. The summed E-state index contributed by atoms with van der Waals surface area (Å²) in [6, 6.07) is 8.35. The maximum Gasteiger partial charge on any atom is 0.490 e. The fourth-order valence-corrected chi connectivity index (χ4v) is 4.08. The maximum atomic E-state index is 10.6. The molecule has 1 saturated heterocycles. The van der Waals surface area contributed by atoms with Gasteiger partial charge in [0.1, 0.15) is 0 Å². The van der Waals surface area contributed by atoms with Gasteiger partial charge in [-0.2, -0.15) is 31.4 Å². The molecule has 15 heteroatoms. The third kappa shape index (κ3) is 11.0. The van der Waals surface area contributed by atoms with Crippen molar-refractivity contribution in [2.24, 2.45) is 5.92 Å². The molecule has 2 aromatic rings. The van der Waals surface area contributed by atoms with Crippen molar-refractivity contribution in [1.29, 1.82) is 0 Å². The molecule has 2 aliphatic heterocycles. The Kier molecular flexibility index (Phi) is 11.5. The van der Waals surface area contributed by atoms with Crippen molar-refractivity contribution in [2.75, 3.05) is 26.2 Å². The van der Waals surface area contributed by atoms with Gasteiger partial charge in [0.15, 0.2) is 0 Å². The van der Waals surface area contributed by atoms with Crippen molar-refractivity contribution >= 4 is 11.9 Å². The van der Waals surface area contributed by atoms with Crippen LogP contribution in [0.4, 0.5) is 26.3 Å². The van der Waals surface area contributed by atoms with E-state index in [1.807, 2.05) is 18.5 Å². The topological polar surface area (TPSA) is 112 Å². The average Bonchev–Trinajstić information content (AvgIpc) is 3.19. The van der Waals surface area contributed by atoms with Gasteiger partial charge in [-0.25, -0.2) is 9.59 Å². The SMILES string of the molecule is O=C(O)C(F)(F)F.O=C(O)C(F)(F)F.c1ccc(CN2Cc3ccnn3CC(CN3CCCCC3)C2)nc1. The molecular formula is C23H29F6N5O4. The number of aromatic nitrogens is 3. The summed E-state index contributed by atoms with van der Waals surface area (Å²) in [6.45, 7) is 7.77. The van der Waals surface area contributed by atoms with Gasteiger partial charge in [0.05, 0.1) is 11.4 Å². The number of hydrogen-bond acceptors (Lipinski definition) is 6. The number of fused-ring (bicyclic) bond motifs is 1. The second-order valence-corrected chi connectivity index (χ2v) is 8.83. The van der Waals surface area contributed by atoms with Gasteiger partial charge in [-0.15, -0.1) is 0 Å². The van der Waals surface area contributed by atoms with E-state index in [9.17, 15) is 26.3 Å². The lowest BCUT2D eigenvalue weighted by atomic mass is 10.1. The molecule has 4 heterocycles. The summed E-state index contributed by atoms with van der Waals surface area (Å²) in [5.41, 5.74) is 2.48. The number of hydrogen-bond donors (Lipinski definition) is 2. The highest BCUT2D eigenvalue weighted by atomic mass is 19.4. The second kappa shape index (κ2) is 14.1. The van der Waals surface area contributed by atoms with E-state index in [2.05, 4.69) is 42.8 Å². The molecule has 38 heavy (non-hydrogen) atoms. The molecule has 0 radical (unpaired) electrons. The van der Waals surface area contributed by atoms with E-state index < -0.39 is 24.3 Å². The normalized spacial score (nSPS) is 18.6. The third-order valence-corrected chi connectivity index (χ3v) is 5.70. The van der Waals surface area contributed by atoms with Gasteiger partial charge < -0.3 is 15.1 Å². The largest absolute Gasteiger partial charge is 0.490 e. The summed E-state index contributed by atoms with van der Waals surface area (Å²) < 4.78 is 65.7. The highest BCUT2D eigenvalue weighted by Crippen LogP contribution is 2.20. The number of carbonyl (C=O) groups is 2. The van der Waals surface area contributed by atoms with E-state index in [0.717, 1.165) is 31.9 Å². The fourth-order valence-electron chi connectivity index (χ4n) is 4.08. The number of pyridine rings is 1. The Morgan fingerprint density at radius 3 is 2.00 bits per heavy atom. The van der Waals surface area contributed by atoms with Crippen LogP contribution in [0.5, 0.6) is 0 Å². The van der Waals surface area contributed by atoms with Crippen LogP contribution in [0.2, 0.25) is 0 Å². The first kappa shape index (κ1) is 31.0. The fraction of sp³-hybridized carbons (Fsp3) is 0.565. The van der Waals surface area contributed by atoms with Crippen LogP contribution in [0.15, 0.2) is 36.7 Å². The van der Waals surface area contributed by atoms with Crippen molar-refractivity contribution in [2.45, 2.75) is 51.2 Å². The average molecular weight is 554 g/mol. The van der Waals surface area contributed by atoms with Crippen LogP contribution in [0, 0.1) is 5.92 Å². The van der Waals surface area contributed by atoms with Gasteiger partial charge in [-0.1, -0.05) is 12.5 Å². The highest BCUT2D eigenvalue weighted by Gasteiger charge is 2.38. The molecule has 0 spiro atoms. The van der Waals surface area contributed by atoms with E-state index in [4.69, 9.17) is 19.8 Å². The summed E-state index contributed by atoms with van der Waals surface area (Å²) in [6.07, 6.45) is -2.22. The first-order valence-electron chi connectivity index (χ1n) is 11.7. The first-order chi connectivity index (χ1) is 17.8. The van der Waals surface area contributed by atoms with Gasteiger partial charge >= 0.3 is 24.3 Å². The Hall–Kier alpha value is -3.20. The molecule has 4 rings (SSSR count). The van der Waals surface area contributed by atoms with Crippen molar-refractivity contribution in [3.63, 3.8) is 0 Å². The van der Waals surface area contributed by atoms with Crippen LogP contribution in [0.25, 0.3) is 0 Å². The Labute approximate surface area is 214 Å². The number of rotatable bonds is 4. The highest BCUT2D eigenvalue weighted by molar-refractivity contribution is 5.73. The van der Waals surface area contributed by atoms with Gasteiger partial charge in [0.25, 0.3) is 0 Å². The van der Waals surface area contributed by atoms with Crippen molar-refractivity contribution < 1.29 is 46.1 Å². The maximum absolute atomic E-state index is 10.6. The van der Waals surface area contributed by atoms with Crippen molar-refractivity contribution in [3.8, 4) is 0 Å². The van der Waals surface area contributed by atoms with Crippen LogP contribution in [-0.4, -0.2) is 85.2 Å². The molecule has 0 bridgehead atoms. The van der Waals surface area contributed by atoms with Gasteiger partial charge in [0.2, 0.25) is 0 Å². The molecule has 0 saturated carbocycles. The summed E-state index contributed by atoms with van der Waals surface area (Å²) in [5, 5.41) is 18.8. The Morgan fingerprint density at radius 2 is 1.47 bits per heavy atom. The van der Waals surface area contributed by atoms with Crippen LogP contribution < -0.4 is 0 Å². The number of piperidine rings is 1. The number of carboxylic acids is 2. The molecule has 1 atom stereocenters. The standard InChI is InChI=1S/C19H27N5.2C2HF3O2/c1-4-10-22(11-5-1)12-17-13-23(15-18-6-2-3-8-20-18)16-19-7-9-21-24(19)14-17;2*3-2(4,5)1(6)7/h2-3,6-9,17H,1,4-5,10-16H2;2*(H,6,7). The summed E-state index contributed by atoms with van der Waals surface area (Å²) >= 11 is 0. The van der Waals surface area contributed by atoms with E-state index >= 15 is 0 Å². The predicted molar refractivity (Wildman–Crippen MR) is 122 cm³/mol.